The number of sulfone groups is 1. The minimum absolute atomic E-state index is 0.0320. The van der Waals surface area contributed by atoms with Crippen LogP contribution >= 0.6 is 0 Å². The van der Waals surface area contributed by atoms with Gasteiger partial charge in [0.25, 0.3) is 5.91 Å². The van der Waals surface area contributed by atoms with Crippen molar-refractivity contribution in [2.45, 2.75) is 37.5 Å². The lowest BCUT2D eigenvalue weighted by Crippen LogP contribution is -2.49. The number of furan rings is 1. The lowest BCUT2D eigenvalue weighted by Gasteiger charge is -2.35. The van der Waals surface area contributed by atoms with Crippen LogP contribution in [0.4, 0.5) is 4.39 Å². The Kier molecular flexibility index (Phi) is 3.71. The Morgan fingerprint density at radius 3 is 2.83 bits per heavy atom. The number of nitrogens with one attached hydrogen (secondary N) is 1. The summed E-state index contributed by atoms with van der Waals surface area (Å²) in [5.74, 6) is -0.940. The molecule has 1 aromatic heterocycles. The molecule has 0 aliphatic carbocycles. The van der Waals surface area contributed by atoms with Crippen LogP contribution in [0, 0.1) is 5.82 Å². The van der Waals surface area contributed by atoms with Gasteiger partial charge in [0.05, 0.1) is 22.3 Å². The monoisotopic (exact) mass is 339 g/mol. The SMILES string of the molecule is CC1(C)CC(NC(=O)c2cc(F)cc3ccoc23)CCS1(=O)=O. The smallest absolute Gasteiger partial charge is 0.255 e. The summed E-state index contributed by atoms with van der Waals surface area (Å²) in [6.07, 6.45) is 2.09. The Bertz CT molecular complexity index is 869. The largest absolute Gasteiger partial charge is 0.464 e. The maximum absolute atomic E-state index is 13.6. The molecule has 1 amide bonds. The quantitative estimate of drug-likeness (QED) is 0.912. The van der Waals surface area contributed by atoms with E-state index in [2.05, 4.69) is 5.32 Å². The van der Waals surface area contributed by atoms with Crippen LogP contribution in [-0.4, -0.2) is 30.9 Å². The molecule has 124 valence electrons. The molecule has 0 saturated carbocycles. The van der Waals surface area contributed by atoms with E-state index in [0.717, 1.165) is 6.07 Å². The van der Waals surface area contributed by atoms with Crippen LogP contribution in [0.3, 0.4) is 0 Å². The van der Waals surface area contributed by atoms with E-state index >= 15 is 0 Å². The lowest BCUT2D eigenvalue weighted by molar-refractivity contribution is 0.0931. The number of hydrogen-bond acceptors (Lipinski definition) is 4. The van der Waals surface area contributed by atoms with Crippen molar-refractivity contribution in [1.29, 1.82) is 0 Å². The van der Waals surface area contributed by atoms with Crippen LogP contribution in [0.5, 0.6) is 0 Å². The third-order valence-corrected chi connectivity index (χ3v) is 7.03. The summed E-state index contributed by atoms with van der Waals surface area (Å²) in [5, 5.41) is 3.32. The van der Waals surface area contributed by atoms with Gasteiger partial charge in [-0.3, -0.25) is 4.79 Å². The van der Waals surface area contributed by atoms with E-state index in [4.69, 9.17) is 4.42 Å². The van der Waals surface area contributed by atoms with Crippen LogP contribution in [0.25, 0.3) is 11.0 Å². The number of halogens is 1. The van der Waals surface area contributed by atoms with Gasteiger partial charge >= 0.3 is 0 Å². The van der Waals surface area contributed by atoms with Gasteiger partial charge in [-0.1, -0.05) is 0 Å². The highest BCUT2D eigenvalue weighted by Crippen LogP contribution is 2.30. The summed E-state index contributed by atoms with van der Waals surface area (Å²) in [7, 11) is -3.16. The first-order valence-corrected chi connectivity index (χ1v) is 9.05. The normalized spacial score (nSPS) is 22.8. The van der Waals surface area contributed by atoms with E-state index in [1.807, 2.05) is 0 Å². The summed E-state index contributed by atoms with van der Waals surface area (Å²) in [5.41, 5.74) is 0.447. The number of hydrogen-bond donors (Lipinski definition) is 1. The number of carbonyl (C=O) groups excluding carboxylic acids is 1. The molecule has 1 atom stereocenters. The molecule has 3 rings (SSSR count). The predicted molar refractivity (Wildman–Crippen MR) is 84.5 cm³/mol. The lowest BCUT2D eigenvalue weighted by atomic mass is 9.99. The van der Waals surface area contributed by atoms with Crippen LogP contribution in [-0.2, 0) is 9.84 Å². The number of benzene rings is 1. The van der Waals surface area contributed by atoms with Crippen molar-refractivity contribution >= 4 is 26.7 Å². The fourth-order valence-electron chi connectivity index (χ4n) is 3.00. The van der Waals surface area contributed by atoms with Gasteiger partial charge in [-0.05, 0) is 44.9 Å². The van der Waals surface area contributed by atoms with E-state index in [-0.39, 0.29) is 17.4 Å². The average Bonchev–Trinajstić information content (AvgIpc) is 2.90. The van der Waals surface area contributed by atoms with Gasteiger partial charge in [-0.15, -0.1) is 0 Å². The molecule has 1 aromatic carbocycles. The molecule has 0 spiro atoms. The third-order valence-electron chi connectivity index (χ3n) is 4.41. The number of fused-ring (bicyclic) bond motifs is 1. The van der Waals surface area contributed by atoms with Crippen molar-refractivity contribution in [1.82, 2.24) is 5.32 Å². The van der Waals surface area contributed by atoms with Crippen molar-refractivity contribution in [3.05, 3.63) is 35.8 Å². The standard InChI is InChI=1S/C16H18FNO4S/c1-16(2)9-12(4-6-23(16,20)21)18-15(19)13-8-11(17)7-10-3-5-22-14(10)13/h3,5,7-8,12H,4,6,9H2,1-2H3,(H,18,19). The number of amides is 1. The van der Waals surface area contributed by atoms with E-state index in [0.29, 0.717) is 23.8 Å². The molecule has 7 heteroatoms. The molecule has 23 heavy (non-hydrogen) atoms. The zero-order chi connectivity index (χ0) is 16.8. The highest BCUT2D eigenvalue weighted by atomic mass is 32.2. The molecule has 2 aromatic rings. The van der Waals surface area contributed by atoms with Gasteiger partial charge in [0, 0.05) is 11.4 Å². The van der Waals surface area contributed by atoms with Gasteiger partial charge < -0.3 is 9.73 Å². The second-order valence-corrected chi connectivity index (χ2v) is 9.28. The number of rotatable bonds is 2. The second-order valence-electron chi connectivity index (χ2n) is 6.53. The predicted octanol–water partition coefficient (Wildman–Crippen LogP) is 2.66. The molecule has 1 aliphatic heterocycles. The summed E-state index contributed by atoms with van der Waals surface area (Å²) < 4.78 is 42.0. The fourth-order valence-corrected chi connectivity index (χ4v) is 4.60. The van der Waals surface area contributed by atoms with Gasteiger partial charge in [-0.2, -0.15) is 0 Å². The highest BCUT2D eigenvalue weighted by Gasteiger charge is 2.41. The Morgan fingerprint density at radius 1 is 1.39 bits per heavy atom. The van der Waals surface area contributed by atoms with Crippen molar-refractivity contribution in [3.63, 3.8) is 0 Å². The van der Waals surface area contributed by atoms with Crippen LogP contribution < -0.4 is 5.32 Å². The van der Waals surface area contributed by atoms with E-state index < -0.39 is 26.3 Å². The first kappa shape index (κ1) is 16.0. The minimum atomic E-state index is -3.16. The van der Waals surface area contributed by atoms with Crippen LogP contribution in [0.2, 0.25) is 0 Å². The Hall–Kier alpha value is -1.89. The Labute approximate surface area is 133 Å². The number of carbonyl (C=O) groups is 1. The van der Waals surface area contributed by atoms with E-state index in [1.165, 1.54) is 12.3 Å². The molecule has 5 nitrogen and oxygen atoms in total. The average molecular weight is 339 g/mol. The van der Waals surface area contributed by atoms with Gasteiger partial charge in [0.1, 0.15) is 11.4 Å². The molecule has 0 bridgehead atoms. The maximum atomic E-state index is 13.6. The summed E-state index contributed by atoms with van der Waals surface area (Å²) in [6.45, 7) is 3.32. The summed E-state index contributed by atoms with van der Waals surface area (Å²) >= 11 is 0. The molecule has 1 unspecified atom stereocenters. The molecule has 1 saturated heterocycles. The second kappa shape index (κ2) is 5.33. The summed E-state index contributed by atoms with van der Waals surface area (Å²) in [6, 6.07) is 3.75. The Morgan fingerprint density at radius 2 is 2.13 bits per heavy atom. The van der Waals surface area contributed by atoms with Crippen LogP contribution in [0.15, 0.2) is 28.9 Å². The molecular formula is C16H18FNO4S. The third kappa shape index (κ3) is 2.85. The molecular weight excluding hydrogens is 321 g/mol. The van der Waals surface area contributed by atoms with Crippen molar-refractivity contribution in [2.75, 3.05) is 5.75 Å². The highest BCUT2D eigenvalue weighted by molar-refractivity contribution is 7.92. The fraction of sp³-hybridized carbons (Fsp3) is 0.438. The van der Waals surface area contributed by atoms with Crippen molar-refractivity contribution < 1.29 is 22.0 Å². The minimum Gasteiger partial charge on any atom is -0.464 e. The molecule has 1 fully saturated rings. The molecule has 1 N–H and O–H groups in total. The van der Waals surface area contributed by atoms with Gasteiger partial charge in [0.2, 0.25) is 0 Å². The molecule has 2 heterocycles. The van der Waals surface area contributed by atoms with Crippen molar-refractivity contribution in [3.8, 4) is 0 Å². The van der Waals surface area contributed by atoms with Gasteiger partial charge in [-0.25, -0.2) is 12.8 Å². The molecule has 1 aliphatic rings. The zero-order valence-electron chi connectivity index (χ0n) is 12.9. The zero-order valence-corrected chi connectivity index (χ0v) is 13.7. The van der Waals surface area contributed by atoms with E-state index in [9.17, 15) is 17.6 Å². The van der Waals surface area contributed by atoms with Gasteiger partial charge in [0.15, 0.2) is 9.84 Å². The summed E-state index contributed by atoms with van der Waals surface area (Å²) in [4.78, 5) is 12.5. The topological polar surface area (TPSA) is 76.4 Å². The van der Waals surface area contributed by atoms with Crippen molar-refractivity contribution in [2.24, 2.45) is 0 Å². The molecule has 0 radical (unpaired) electrons. The Balaban J connectivity index is 1.83. The maximum Gasteiger partial charge on any atom is 0.255 e. The van der Waals surface area contributed by atoms with E-state index in [1.54, 1.807) is 19.9 Å². The van der Waals surface area contributed by atoms with Crippen LogP contribution in [0.1, 0.15) is 37.0 Å². The first-order valence-electron chi connectivity index (χ1n) is 7.39. The first-order chi connectivity index (χ1) is 10.7.